The molecule has 3 aromatic rings. The summed E-state index contributed by atoms with van der Waals surface area (Å²) in [5.41, 5.74) is 1.14. The maximum atomic E-state index is 12.6. The molecule has 0 unspecified atom stereocenters. The van der Waals surface area contributed by atoms with Crippen LogP contribution < -0.4 is 14.8 Å². The highest BCUT2D eigenvalue weighted by Crippen LogP contribution is 2.28. The molecule has 0 aliphatic heterocycles. The molecule has 1 N–H and O–H groups in total. The molecule has 0 aliphatic carbocycles. The first-order valence-electron chi connectivity index (χ1n) is 7.56. The second-order valence-electron chi connectivity index (χ2n) is 5.06. The van der Waals surface area contributed by atoms with Crippen LogP contribution in [0, 0.1) is 0 Å². The number of carbonyl (C=O) groups excluding carboxylic acids is 1. The Morgan fingerprint density at radius 3 is 2.36 bits per heavy atom. The summed E-state index contributed by atoms with van der Waals surface area (Å²) in [5.74, 6) is 1.03. The van der Waals surface area contributed by atoms with Gasteiger partial charge in [0.05, 0.1) is 26.5 Å². The minimum atomic E-state index is -0.336. The second-order valence-corrected chi connectivity index (χ2v) is 5.06. The Bertz CT molecular complexity index is 841. The van der Waals surface area contributed by atoms with E-state index in [1.54, 1.807) is 22.9 Å². The molecule has 2 aromatic carbocycles. The van der Waals surface area contributed by atoms with Crippen molar-refractivity contribution in [1.82, 2.24) is 25.5 Å². The maximum Gasteiger partial charge on any atom is 0.259 e. The number of nitrogens with one attached hydrogen (secondary N) is 1. The average Bonchev–Trinajstić information content (AvgIpc) is 3.14. The molecule has 1 amide bonds. The molecular formula is C17H17N5O3. The van der Waals surface area contributed by atoms with E-state index in [2.05, 4.69) is 20.8 Å². The zero-order valence-corrected chi connectivity index (χ0v) is 13.8. The van der Waals surface area contributed by atoms with Crippen molar-refractivity contribution in [2.45, 2.75) is 6.54 Å². The van der Waals surface area contributed by atoms with E-state index in [1.165, 1.54) is 14.2 Å². The average molecular weight is 339 g/mol. The van der Waals surface area contributed by atoms with E-state index in [1.807, 2.05) is 30.3 Å². The van der Waals surface area contributed by atoms with Crippen molar-refractivity contribution in [2.75, 3.05) is 14.2 Å². The lowest BCUT2D eigenvalue weighted by Crippen LogP contribution is -2.25. The van der Waals surface area contributed by atoms with E-state index in [0.29, 0.717) is 22.9 Å². The van der Waals surface area contributed by atoms with Crippen molar-refractivity contribution in [3.8, 4) is 17.2 Å². The van der Waals surface area contributed by atoms with Crippen LogP contribution in [-0.4, -0.2) is 40.3 Å². The van der Waals surface area contributed by atoms with Gasteiger partial charge in [0.2, 0.25) is 0 Å². The quantitative estimate of drug-likeness (QED) is 0.734. The minimum Gasteiger partial charge on any atom is -0.496 e. The Labute approximate surface area is 144 Å². The summed E-state index contributed by atoms with van der Waals surface area (Å²) in [7, 11) is 3.00. The van der Waals surface area contributed by atoms with Crippen LogP contribution in [0.1, 0.15) is 16.2 Å². The third-order valence-corrected chi connectivity index (χ3v) is 3.60. The number of carbonyl (C=O) groups is 1. The monoisotopic (exact) mass is 339 g/mol. The van der Waals surface area contributed by atoms with E-state index in [0.717, 1.165) is 5.69 Å². The first kappa shape index (κ1) is 16.4. The zero-order chi connectivity index (χ0) is 17.6. The molecule has 3 rings (SSSR count). The van der Waals surface area contributed by atoms with Gasteiger partial charge in [0.25, 0.3) is 5.91 Å². The molecule has 0 spiro atoms. The van der Waals surface area contributed by atoms with Gasteiger partial charge in [0.1, 0.15) is 17.1 Å². The predicted molar refractivity (Wildman–Crippen MR) is 89.9 cm³/mol. The molecule has 25 heavy (non-hydrogen) atoms. The number of aromatic nitrogens is 4. The fourth-order valence-electron chi connectivity index (χ4n) is 2.41. The number of rotatable bonds is 6. The van der Waals surface area contributed by atoms with Crippen LogP contribution in [0.5, 0.6) is 11.5 Å². The van der Waals surface area contributed by atoms with Gasteiger partial charge in [-0.2, -0.15) is 4.68 Å². The summed E-state index contributed by atoms with van der Waals surface area (Å²) in [6.45, 7) is 0.155. The molecule has 0 atom stereocenters. The van der Waals surface area contributed by atoms with Gasteiger partial charge < -0.3 is 14.8 Å². The van der Waals surface area contributed by atoms with Crippen LogP contribution in [0.4, 0.5) is 0 Å². The van der Waals surface area contributed by atoms with E-state index < -0.39 is 0 Å². The summed E-state index contributed by atoms with van der Waals surface area (Å²) >= 11 is 0. The molecule has 0 saturated heterocycles. The molecule has 1 aromatic heterocycles. The minimum absolute atomic E-state index is 0.155. The normalized spacial score (nSPS) is 10.3. The molecule has 0 saturated carbocycles. The lowest BCUT2D eigenvalue weighted by atomic mass is 10.1. The fraction of sp³-hybridized carbons (Fsp3) is 0.176. The Balaban J connectivity index is 1.80. The van der Waals surface area contributed by atoms with Crippen molar-refractivity contribution in [1.29, 1.82) is 0 Å². The summed E-state index contributed by atoms with van der Waals surface area (Å²) < 4.78 is 12.1. The number of methoxy groups -OCH3 is 2. The number of benzene rings is 2. The van der Waals surface area contributed by atoms with Gasteiger partial charge in [-0.25, -0.2) is 0 Å². The molecule has 0 aliphatic rings. The standard InChI is InChI=1S/C17H17N5O3/c1-24-13-9-6-10-14(25-2)16(13)17(23)18-11-15-19-20-21-22(15)12-7-4-3-5-8-12/h3-10H,11H2,1-2H3,(H,18,23). The highest BCUT2D eigenvalue weighted by atomic mass is 16.5. The first-order chi connectivity index (χ1) is 12.2. The Morgan fingerprint density at radius 2 is 1.72 bits per heavy atom. The summed E-state index contributed by atoms with van der Waals surface area (Å²) in [6.07, 6.45) is 0. The van der Waals surface area contributed by atoms with Gasteiger partial charge in [-0.05, 0) is 34.7 Å². The molecule has 0 radical (unpaired) electrons. The first-order valence-corrected chi connectivity index (χ1v) is 7.56. The molecule has 128 valence electrons. The van der Waals surface area contributed by atoms with E-state index in [-0.39, 0.29) is 12.5 Å². The largest absolute Gasteiger partial charge is 0.496 e. The molecular weight excluding hydrogens is 322 g/mol. The molecule has 0 fully saturated rings. The van der Waals surface area contributed by atoms with Gasteiger partial charge in [-0.1, -0.05) is 24.3 Å². The van der Waals surface area contributed by atoms with Gasteiger partial charge in [-0.3, -0.25) is 4.79 Å². The Kier molecular flexibility index (Phi) is 4.89. The van der Waals surface area contributed by atoms with Crippen LogP contribution in [0.2, 0.25) is 0 Å². The Morgan fingerprint density at radius 1 is 1.04 bits per heavy atom. The van der Waals surface area contributed by atoms with E-state index >= 15 is 0 Å². The summed E-state index contributed by atoms with van der Waals surface area (Å²) in [6, 6.07) is 14.6. The van der Waals surface area contributed by atoms with Crippen molar-refractivity contribution in [3.05, 3.63) is 59.9 Å². The number of amides is 1. The van der Waals surface area contributed by atoms with E-state index in [4.69, 9.17) is 9.47 Å². The zero-order valence-electron chi connectivity index (χ0n) is 13.8. The van der Waals surface area contributed by atoms with Crippen molar-refractivity contribution in [2.24, 2.45) is 0 Å². The van der Waals surface area contributed by atoms with Gasteiger partial charge >= 0.3 is 0 Å². The number of nitrogens with zero attached hydrogens (tertiary/aromatic N) is 4. The van der Waals surface area contributed by atoms with Crippen LogP contribution in [0.15, 0.2) is 48.5 Å². The van der Waals surface area contributed by atoms with Gasteiger partial charge in [0.15, 0.2) is 5.82 Å². The molecule has 1 heterocycles. The smallest absolute Gasteiger partial charge is 0.259 e. The van der Waals surface area contributed by atoms with Crippen LogP contribution in [0.25, 0.3) is 5.69 Å². The second kappa shape index (κ2) is 7.43. The van der Waals surface area contributed by atoms with Crippen molar-refractivity contribution in [3.63, 3.8) is 0 Å². The lowest BCUT2D eigenvalue weighted by Gasteiger charge is -2.12. The number of hydrogen-bond donors (Lipinski definition) is 1. The van der Waals surface area contributed by atoms with Crippen LogP contribution in [0.3, 0.4) is 0 Å². The lowest BCUT2D eigenvalue weighted by molar-refractivity contribution is 0.0943. The highest BCUT2D eigenvalue weighted by Gasteiger charge is 2.19. The predicted octanol–water partition coefficient (Wildman–Crippen LogP) is 1.61. The number of para-hydroxylation sites is 1. The molecule has 8 nitrogen and oxygen atoms in total. The Hall–Kier alpha value is -3.42. The SMILES string of the molecule is COc1cccc(OC)c1C(=O)NCc1nnnn1-c1ccccc1. The number of tetrazole rings is 1. The molecule has 8 heteroatoms. The van der Waals surface area contributed by atoms with Gasteiger partial charge in [-0.15, -0.1) is 5.10 Å². The van der Waals surface area contributed by atoms with Crippen molar-refractivity contribution < 1.29 is 14.3 Å². The van der Waals surface area contributed by atoms with E-state index in [9.17, 15) is 4.79 Å². The van der Waals surface area contributed by atoms with Crippen LogP contribution >= 0.6 is 0 Å². The molecule has 0 bridgehead atoms. The number of hydrogen-bond acceptors (Lipinski definition) is 6. The highest BCUT2D eigenvalue weighted by molar-refractivity contribution is 5.99. The third-order valence-electron chi connectivity index (χ3n) is 3.60. The topological polar surface area (TPSA) is 91.2 Å². The summed E-state index contributed by atoms with van der Waals surface area (Å²) in [5, 5.41) is 14.4. The maximum absolute atomic E-state index is 12.6. The van der Waals surface area contributed by atoms with Crippen molar-refractivity contribution >= 4 is 5.91 Å². The van der Waals surface area contributed by atoms with Crippen LogP contribution in [-0.2, 0) is 6.54 Å². The number of ether oxygens (including phenoxy) is 2. The summed E-state index contributed by atoms with van der Waals surface area (Å²) in [4.78, 5) is 12.6. The fourth-order valence-corrected chi connectivity index (χ4v) is 2.41. The third kappa shape index (κ3) is 3.42. The van der Waals surface area contributed by atoms with Gasteiger partial charge in [0, 0.05) is 0 Å².